The average Bonchev–Trinajstić information content (AvgIpc) is 3.41. The molecule has 224 valence electrons. The van der Waals surface area contributed by atoms with Gasteiger partial charge in [-0.05, 0) is 29.7 Å². The molecule has 2 fully saturated rings. The van der Waals surface area contributed by atoms with Crippen LogP contribution in [0.25, 0.3) is 0 Å². The molecule has 3 N–H and O–H groups in total. The van der Waals surface area contributed by atoms with Gasteiger partial charge in [-0.1, -0.05) is 43.3 Å². The molecule has 2 heterocycles. The summed E-state index contributed by atoms with van der Waals surface area (Å²) in [7, 11) is 0. The first-order valence-corrected chi connectivity index (χ1v) is 13.4. The van der Waals surface area contributed by atoms with Crippen LogP contribution in [0.5, 0.6) is 0 Å². The Morgan fingerprint density at radius 2 is 1.50 bits per heavy atom. The zero-order valence-corrected chi connectivity index (χ0v) is 22.5. The lowest BCUT2D eigenvalue weighted by Crippen LogP contribution is -2.44. The monoisotopic (exact) mass is 592 g/mol. The number of amides is 1. The summed E-state index contributed by atoms with van der Waals surface area (Å²) < 4.78 is 81.3. The number of rotatable bonds is 7. The number of hydrogen-bond acceptors (Lipinski definition) is 6. The predicted octanol–water partition coefficient (Wildman–Crippen LogP) is 4.98. The number of ether oxygens (including phenoxy) is 2. The molecule has 0 unspecified atom stereocenters. The van der Waals surface area contributed by atoms with Crippen molar-refractivity contribution in [3.8, 4) is 0 Å². The van der Waals surface area contributed by atoms with E-state index in [0.29, 0.717) is 25.1 Å². The summed E-state index contributed by atoms with van der Waals surface area (Å²) in [6.45, 7) is 3.73. The maximum absolute atomic E-state index is 14.1. The summed E-state index contributed by atoms with van der Waals surface area (Å²) in [6, 6.07) is 13.3. The zero-order chi connectivity index (χ0) is 30.1. The number of nitrogens with zero attached hydrogens (tertiary/aromatic N) is 1. The summed E-state index contributed by atoms with van der Waals surface area (Å²) in [6.07, 6.45) is -1.25. The molecule has 12 heteroatoms. The number of carbonyl (C=O) groups is 1. The van der Waals surface area contributed by atoms with Crippen molar-refractivity contribution in [2.45, 2.75) is 44.6 Å². The quantitative estimate of drug-likeness (QED) is 0.204. The lowest BCUT2D eigenvalue weighted by Gasteiger charge is -2.42. The first-order valence-electron chi connectivity index (χ1n) is 13.4. The smallest absolute Gasteiger partial charge is 0.261 e. The summed E-state index contributed by atoms with van der Waals surface area (Å²) in [5, 5.41) is 21.6. The molecule has 2 aliphatic heterocycles. The third kappa shape index (κ3) is 6.04. The number of likely N-dealkylation sites (tertiary alicyclic amines) is 1. The third-order valence-electron chi connectivity index (χ3n) is 7.69. The van der Waals surface area contributed by atoms with Crippen LogP contribution in [-0.4, -0.2) is 52.9 Å². The largest absolute Gasteiger partial charge is 0.392 e. The highest BCUT2D eigenvalue weighted by molar-refractivity contribution is 6.04. The molecule has 42 heavy (non-hydrogen) atoms. The molecule has 7 nitrogen and oxygen atoms in total. The average molecular weight is 593 g/mol. The van der Waals surface area contributed by atoms with E-state index in [1.165, 1.54) is 12.1 Å². The molecule has 0 aliphatic carbocycles. The minimum Gasteiger partial charge on any atom is -0.392 e. The Morgan fingerprint density at radius 3 is 2.07 bits per heavy atom. The van der Waals surface area contributed by atoms with Crippen molar-refractivity contribution in [1.82, 2.24) is 4.90 Å². The van der Waals surface area contributed by atoms with Crippen LogP contribution in [0.1, 0.15) is 52.8 Å². The van der Waals surface area contributed by atoms with E-state index in [2.05, 4.69) is 10.2 Å². The van der Waals surface area contributed by atoms with Crippen LogP contribution in [0.15, 0.2) is 48.5 Å². The first kappa shape index (κ1) is 30.1. The van der Waals surface area contributed by atoms with E-state index in [0.717, 1.165) is 17.7 Å². The van der Waals surface area contributed by atoms with Gasteiger partial charge in [0.1, 0.15) is 5.56 Å². The van der Waals surface area contributed by atoms with Gasteiger partial charge in [0.2, 0.25) is 5.82 Å². The van der Waals surface area contributed by atoms with Crippen LogP contribution in [0.3, 0.4) is 0 Å². The van der Waals surface area contributed by atoms with E-state index in [-0.39, 0.29) is 30.4 Å². The van der Waals surface area contributed by atoms with E-state index in [9.17, 15) is 37.0 Å². The molecule has 1 amide bonds. The fourth-order valence-corrected chi connectivity index (χ4v) is 5.28. The van der Waals surface area contributed by atoms with Gasteiger partial charge >= 0.3 is 0 Å². The summed E-state index contributed by atoms with van der Waals surface area (Å²) in [4.78, 5) is 14.6. The fourth-order valence-electron chi connectivity index (χ4n) is 5.28. The lowest BCUT2D eigenvalue weighted by atomic mass is 9.90. The van der Waals surface area contributed by atoms with Gasteiger partial charge in [-0.2, -0.15) is 0 Å². The van der Waals surface area contributed by atoms with Crippen molar-refractivity contribution in [2.24, 2.45) is 5.92 Å². The van der Waals surface area contributed by atoms with E-state index < -0.39 is 53.0 Å². The second kappa shape index (κ2) is 12.4. The molecule has 0 bridgehead atoms. The molecule has 5 rings (SSSR count). The third-order valence-corrected chi connectivity index (χ3v) is 7.69. The van der Waals surface area contributed by atoms with Crippen molar-refractivity contribution < 1.29 is 46.4 Å². The molecule has 3 aromatic rings. The SMILES string of the molecule is C[C@H]1[C@@H](CN2CC[C@H](O)C2)O[C@@H](c2ccc(NC(=O)c3c(F)c(F)c(F)c(F)c3F)cc2)O[C@H]1c1ccc(CO)cc1. The molecule has 5 atom stereocenters. The minimum absolute atomic E-state index is 0.0376. The number of halogens is 5. The van der Waals surface area contributed by atoms with E-state index in [1.54, 1.807) is 12.1 Å². The summed E-state index contributed by atoms with van der Waals surface area (Å²) in [5.41, 5.74) is 0.635. The Morgan fingerprint density at radius 1 is 0.905 bits per heavy atom. The number of aliphatic hydroxyl groups is 2. The second-order valence-electron chi connectivity index (χ2n) is 10.5. The van der Waals surface area contributed by atoms with Gasteiger partial charge in [0.25, 0.3) is 5.91 Å². The molecule has 0 aromatic heterocycles. The summed E-state index contributed by atoms with van der Waals surface area (Å²) >= 11 is 0. The van der Waals surface area contributed by atoms with Crippen molar-refractivity contribution in [1.29, 1.82) is 0 Å². The molecule has 3 aromatic carbocycles. The number of aliphatic hydroxyl groups excluding tert-OH is 2. The number of β-amino-alcohol motifs (C(OH)–C–C–N with tert-alkyl or cyclic N) is 1. The zero-order valence-electron chi connectivity index (χ0n) is 22.5. The van der Waals surface area contributed by atoms with Crippen molar-refractivity contribution >= 4 is 11.6 Å². The number of carbonyl (C=O) groups excluding carboxylic acids is 1. The van der Waals surface area contributed by atoms with Gasteiger partial charge in [0.15, 0.2) is 29.6 Å². The number of hydrogen-bond donors (Lipinski definition) is 3. The van der Waals surface area contributed by atoms with Crippen LogP contribution in [0.2, 0.25) is 0 Å². The van der Waals surface area contributed by atoms with E-state index in [4.69, 9.17) is 9.47 Å². The normalized spacial score (nSPS) is 24.6. The number of nitrogens with one attached hydrogen (secondary N) is 1. The topological polar surface area (TPSA) is 91.3 Å². The second-order valence-corrected chi connectivity index (χ2v) is 10.5. The number of benzene rings is 3. The molecule has 0 saturated carbocycles. The van der Waals surface area contributed by atoms with Crippen LogP contribution in [0.4, 0.5) is 27.6 Å². The Hall–Kier alpha value is -3.42. The predicted molar refractivity (Wildman–Crippen MR) is 141 cm³/mol. The highest BCUT2D eigenvalue weighted by atomic mass is 19.2. The van der Waals surface area contributed by atoms with Gasteiger partial charge in [-0.3, -0.25) is 9.69 Å². The Bertz CT molecular complexity index is 1410. The summed E-state index contributed by atoms with van der Waals surface area (Å²) in [5.74, 6) is -12.8. The van der Waals surface area contributed by atoms with Crippen LogP contribution in [0, 0.1) is 35.0 Å². The molecule has 0 radical (unpaired) electrons. The standard InChI is InChI=1S/C30H29F5N2O5/c1-15-21(13-37-11-10-20(39)12-37)41-30(42-28(15)17-4-2-16(14-38)3-5-17)18-6-8-19(9-7-18)36-29(40)22-23(31)25(33)27(35)26(34)24(22)32/h2-9,15,20-21,28,30,38-39H,10-14H2,1H3,(H,36,40)/t15-,20-,21+,28+,30+/m0/s1. The van der Waals surface area contributed by atoms with Gasteiger partial charge in [-0.15, -0.1) is 0 Å². The first-order chi connectivity index (χ1) is 20.1. The number of anilines is 1. The Labute approximate surface area is 238 Å². The maximum atomic E-state index is 14.1. The Balaban J connectivity index is 1.36. The highest BCUT2D eigenvalue weighted by Gasteiger charge is 2.40. The highest BCUT2D eigenvalue weighted by Crippen LogP contribution is 2.42. The van der Waals surface area contributed by atoms with Crippen LogP contribution >= 0.6 is 0 Å². The minimum atomic E-state index is -2.35. The van der Waals surface area contributed by atoms with Crippen LogP contribution < -0.4 is 5.32 Å². The van der Waals surface area contributed by atoms with Crippen molar-refractivity contribution in [2.75, 3.05) is 25.0 Å². The van der Waals surface area contributed by atoms with Crippen molar-refractivity contribution in [3.05, 3.63) is 99.9 Å². The Kier molecular flexibility index (Phi) is 8.90. The van der Waals surface area contributed by atoms with Crippen LogP contribution in [-0.2, 0) is 16.1 Å². The van der Waals surface area contributed by atoms with Gasteiger partial charge in [-0.25, -0.2) is 22.0 Å². The molecule has 2 saturated heterocycles. The molecular weight excluding hydrogens is 563 g/mol. The van der Waals surface area contributed by atoms with E-state index >= 15 is 0 Å². The van der Waals surface area contributed by atoms with E-state index in [1.807, 2.05) is 31.2 Å². The molecular formula is C30H29F5N2O5. The maximum Gasteiger partial charge on any atom is 0.261 e. The molecule has 2 aliphatic rings. The van der Waals surface area contributed by atoms with Gasteiger partial charge in [0, 0.05) is 36.8 Å². The molecule has 0 spiro atoms. The van der Waals surface area contributed by atoms with Gasteiger partial charge in [0.05, 0.1) is 24.9 Å². The fraction of sp³-hybridized carbons (Fsp3) is 0.367. The lowest BCUT2D eigenvalue weighted by molar-refractivity contribution is -0.276. The van der Waals surface area contributed by atoms with Crippen molar-refractivity contribution in [3.63, 3.8) is 0 Å². The van der Waals surface area contributed by atoms with Gasteiger partial charge < -0.3 is 25.0 Å².